The van der Waals surface area contributed by atoms with Crippen LogP contribution in [0.3, 0.4) is 0 Å². The van der Waals surface area contributed by atoms with Gasteiger partial charge in [0.2, 0.25) is 0 Å². The SMILES string of the molecule is CC(C)Oc1ccc(-c2cnc(-c3ccc(C=O)cc3F)s2)cc1Cl. The lowest BCUT2D eigenvalue weighted by Crippen LogP contribution is -2.05. The number of hydrogen-bond donors (Lipinski definition) is 0. The molecule has 0 bridgehead atoms. The van der Waals surface area contributed by atoms with Crippen molar-refractivity contribution in [1.82, 2.24) is 4.98 Å². The summed E-state index contributed by atoms with van der Waals surface area (Å²) in [5.74, 6) is 0.157. The van der Waals surface area contributed by atoms with Crippen molar-refractivity contribution in [3.8, 4) is 26.8 Å². The molecule has 0 aliphatic heterocycles. The Morgan fingerprint density at radius 1 is 1.24 bits per heavy atom. The number of aldehydes is 1. The molecule has 0 saturated heterocycles. The van der Waals surface area contributed by atoms with Gasteiger partial charge in [-0.3, -0.25) is 4.79 Å². The Morgan fingerprint density at radius 3 is 2.68 bits per heavy atom. The fourth-order valence-corrected chi connectivity index (χ4v) is 3.48. The lowest BCUT2D eigenvalue weighted by molar-refractivity contribution is 0.112. The summed E-state index contributed by atoms with van der Waals surface area (Å²) < 4.78 is 19.8. The van der Waals surface area contributed by atoms with Crippen LogP contribution in [0, 0.1) is 5.82 Å². The molecule has 0 N–H and O–H groups in total. The summed E-state index contributed by atoms with van der Waals surface area (Å²) in [4.78, 5) is 15.9. The van der Waals surface area contributed by atoms with Gasteiger partial charge in [-0.15, -0.1) is 11.3 Å². The maximum atomic E-state index is 14.1. The summed E-state index contributed by atoms with van der Waals surface area (Å²) in [6.45, 7) is 3.87. The van der Waals surface area contributed by atoms with Crippen LogP contribution in [0.5, 0.6) is 5.75 Å². The van der Waals surface area contributed by atoms with Gasteiger partial charge in [0, 0.05) is 17.3 Å². The number of aromatic nitrogens is 1. The molecule has 2 aromatic carbocycles. The van der Waals surface area contributed by atoms with E-state index in [4.69, 9.17) is 16.3 Å². The van der Waals surface area contributed by atoms with Gasteiger partial charge in [0.25, 0.3) is 0 Å². The summed E-state index contributed by atoms with van der Waals surface area (Å²) in [6, 6.07) is 9.86. The number of carbonyl (C=O) groups is 1. The number of benzene rings is 2. The van der Waals surface area contributed by atoms with E-state index < -0.39 is 5.82 Å². The molecule has 0 unspecified atom stereocenters. The van der Waals surface area contributed by atoms with Crippen LogP contribution in [0.15, 0.2) is 42.6 Å². The van der Waals surface area contributed by atoms with E-state index in [0.29, 0.717) is 33.2 Å². The normalized spacial score (nSPS) is 10.9. The molecule has 6 heteroatoms. The molecule has 0 aliphatic rings. The van der Waals surface area contributed by atoms with Crippen LogP contribution in [0.4, 0.5) is 4.39 Å². The highest BCUT2D eigenvalue weighted by atomic mass is 35.5. The van der Waals surface area contributed by atoms with Crippen LogP contribution in [-0.4, -0.2) is 17.4 Å². The molecule has 128 valence electrons. The summed E-state index contributed by atoms with van der Waals surface area (Å²) in [6.07, 6.45) is 2.33. The monoisotopic (exact) mass is 375 g/mol. The molecule has 25 heavy (non-hydrogen) atoms. The van der Waals surface area contributed by atoms with Gasteiger partial charge >= 0.3 is 0 Å². The van der Waals surface area contributed by atoms with Crippen molar-refractivity contribution < 1.29 is 13.9 Å². The maximum Gasteiger partial charge on any atom is 0.150 e. The fraction of sp³-hybridized carbons (Fsp3) is 0.158. The third-order valence-electron chi connectivity index (χ3n) is 3.44. The first kappa shape index (κ1) is 17.6. The van der Waals surface area contributed by atoms with E-state index in [1.165, 1.54) is 17.4 Å². The second-order valence-corrected chi connectivity index (χ2v) is 7.14. The highest BCUT2D eigenvalue weighted by molar-refractivity contribution is 7.18. The van der Waals surface area contributed by atoms with Gasteiger partial charge in [0.15, 0.2) is 0 Å². The van der Waals surface area contributed by atoms with E-state index in [1.54, 1.807) is 18.3 Å². The summed E-state index contributed by atoms with van der Waals surface area (Å²) in [5.41, 5.74) is 1.55. The Kier molecular flexibility index (Phi) is 5.16. The van der Waals surface area contributed by atoms with Crippen LogP contribution >= 0.6 is 22.9 Å². The molecule has 0 radical (unpaired) electrons. The molecular weight excluding hydrogens is 361 g/mol. The van der Waals surface area contributed by atoms with Gasteiger partial charge in [-0.1, -0.05) is 17.7 Å². The average Bonchev–Trinajstić information content (AvgIpc) is 3.06. The fourth-order valence-electron chi connectivity index (χ4n) is 2.31. The number of carbonyl (C=O) groups excluding carboxylic acids is 1. The van der Waals surface area contributed by atoms with Crippen LogP contribution < -0.4 is 4.74 Å². The largest absolute Gasteiger partial charge is 0.489 e. The summed E-state index contributed by atoms with van der Waals surface area (Å²) >= 11 is 7.63. The number of ether oxygens (including phenoxy) is 1. The first-order valence-corrected chi connectivity index (χ1v) is 8.85. The number of halogens is 2. The van der Waals surface area contributed by atoms with Crippen molar-refractivity contribution in [3.05, 3.63) is 59.0 Å². The first-order valence-electron chi connectivity index (χ1n) is 7.65. The zero-order valence-electron chi connectivity index (χ0n) is 13.6. The molecule has 3 nitrogen and oxygen atoms in total. The Labute approximate surface area is 154 Å². The van der Waals surface area contributed by atoms with Crippen LogP contribution in [0.2, 0.25) is 5.02 Å². The lowest BCUT2D eigenvalue weighted by atomic mass is 10.1. The van der Waals surface area contributed by atoms with Crippen LogP contribution in [0.1, 0.15) is 24.2 Å². The number of nitrogens with zero attached hydrogens (tertiary/aromatic N) is 1. The van der Waals surface area contributed by atoms with Gasteiger partial charge in [0.05, 0.1) is 16.0 Å². The minimum absolute atomic E-state index is 0.0377. The molecular formula is C19H15ClFNO2S. The predicted molar refractivity (Wildman–Crippen MR) is 99.1 cm³/mol. The second kappa shape index (κ2) is 7.33. The zero-order valence-corrected chi connectivity index (χ0v) is 15.2. The number of hydrogen-bond acceptors (Lipinski definition) is 4. The van der Waals surface area contributed by atoms with Crippen molar-refractivity contribution in [3.63, 3.8) is 0 Å². The molecule has 3 rings (SSSR count). The van der Waals surface area contributed by atoms with E-state index in [0.717, 1.165) is 10.4 Å². The molecule has 1 aromatic heterocycles. The molecule has 0 amide bonds. The highest BCUT2D eigenvalue weighted by Crippen LogP contribution is 2.36. The van der Waals surface area contributed by atoms with Crippen molar-refractivity contribution in [2.45, 2.75) is 20.0 Å². The zero-order chi connectivity index (χ0) is 18.0. The summed E-state index contributed by atoms with van der Waals surface area (Å²) in [5, 5.41) is 1.06. The van der Waals surface area contributed by atoms with Crippen molar-refractivity contribution in [2.24, 2.45) is 0 Å². The first-order chi connectivity index (χ1) is 12.0. The summed E-state index contributed by atoms with van der Waals surface area (Å²) in [7, 11) is 0. The van der Waals surface area contributed by atoms with E-state index in [1.807, 2.05) is 32.0 Å². The van der Waals surface area contributed by atoms with E-state index in [-0.39, 0.29) is 6.10 Å². The van der Waals surface area contributed by atoms with E-state index in [2.05, 4.69) is 4.98 Å². The highest BCUT2D eigenvalue weighted by Gasteiger charge is 2.13. The van der Waals surface area contributed by atoms with Crippen molar-refractivity contribution in [1.29, 1.82) is 0 Å². The third-order valence-corrected chi connectivity index (χ3v) is 4.82. The predicted octanol–water partition coefficient (Wildman–Crippen LogP) is 5.87. The maximum absolute atomic E-state index is 14.1. The van der Waals surface area contributed by atoms with E-state index >= 15 is 0 Å². The minimum Gasteiger partial charge on any atom is -0.489 e. The van der Waals surface area contributed by atoms with Gasteiger partial charge in [-0.2, -0.15) is 0 Å². The quantitative estimate of drug-likeness (QED) is 0.523. The molecule has 0 fully saturated rings. The lowest BCUT2D eigenvalue weighted by Gasteiger charge is -2.11. The Morgan fingerprint density at radius 2 is 2.04 bits per heavy atom. The molecule has 0 aliphatic carbocycles. The van der Waals surface area contributed by atoms with Gasteiger partial charge in [-0.05, 0) is 49.7 Å². The molecule has 0 atom stereocenters. The molecule has 0 spiro atoms. The van der Waals surface area contributed by atoms with Crippen LogP contribution in [-0.2, 0) is 0 Å². The second-order valence-electron chi connectivity index (χ2n) is 5.70. The topological polar surface area (TPSA) is 39.2 Å². The minimum atomic E-state index is -0.468. The number of rotatable bonds is 5. The smallest absolute Gasteiger partial charge is 0.150 e. The van der Waals surface area contributed by atoms with Crippen LogP contribution in [0.25, 0.3) is 21.0 Å². The van der Waals surface area contributed by atoms with Crippen molar-refractivity contribution >= 4 is 29.2 Å². The van der Waals surface area contributed by atoms with Crippen molar-refractivity contribution in [2.75, 3.05) is 0 Å². The Bertz CT molecular complexity index is 924. The number of thiazole rings is 1. The molecule has 3 aromatic rings. The molecule has 1 heterocycles. The Balaban J connectivity index is 1.91. The third kappa shape index (κ3) is 3.89. The van der Waals surface area contributed by atoms with Gasteiger partial charge in [0.1, 0.15) is 22.9 Å². The van der Waals surface area contributed by atoms with E-state index in [9.17, 15) is 9.18 Å². The van der Waals surface area contributed by atoms with Gasteiger partial charge in [-0.25, -0.2) is 9.37 Å². The molecule has 0 saturated carbocycles. The average molecular weight is 376 g/mol. The van der Waals surface area contributed by atoms with Gasteiger partial charge < -0.3 is 4.74 Å². The standard InChI is InChI=1S/C19H15ClFNO2S/c1-11(2)24-17-6-4-13(8-15(17)20)18-9-22-19(25-18)14-5-3-12(10-23)7-16(14)21/h3-11H,1-2H3. The Hall–Kier alpha value is -2.24.